The molecule has 0 aliphatic carbocycles. The van der Waals surface area contributed by atoms with Gasteiger partial charge in [-0.15, -0.1) is 0 Å². The molecule has 0 saturated heterocycles. The van der Waals surface area contributed by atoms with Crippen molar-refractivity contribution in [3.8, 4) is 11.4 Å². The average Bonchev–Trinajstić information content (AvgIpc) is 2.93. The largest absolute Gasteiger partial charge is 0.385 e. The number of nitrogens with two attached hydrogens (primary N) is 1. The maximum Gasteiger partial charge on any atom is 0.243 e. The summed E-state index contributed by atoms with van der Waals surface area (Å²) >= 11 is 0. The van der Waals surface area contributed by atoms with Gasteiger partial charge in [-0.2, -0.15) is 10.1 Å². The molecule has 0 aliphatic heterocycles. The highest BCUT2D eigenvalue weighted by molar-refractivity contribution is 5.51. The van der Waals surface area contributed by atoms with E-state index in [1.807, 2.05) is 13.2 Å². The van der Waals surface area contributed by atoms with Crippen LogP contribution in [0.2, 0.25) is 0 Å². The van der Waals surface area contributed by atoms with Crippen molar-refractivity contribution < 1.29 is 9.26 Å². The lowest BCUT2D eigenvalue weighted by atomic mass is 10.2. The average molecular weight is 237 g/mol. The van der Waals surface area contributed by atoms with E-state index in [4.69, 9.17) is 15.0 Å². The van der Waals surface area contributed by atoms with E-state index >= 15 is 0 Å². The lowest BCUT2D eigenvalue weighted by Crippen LogP contribution is -2.12. The maximum absolute atomic E-state index is 5.88. The van der Waals surface area contributed by atoms with E-state index in [0.29, 0.717) is 24.7 Å². The number of aryl methyl sites for hydroxylation is 1. The molecule has 1 unspecified atom stereocenters. The van der Waals surface area contributed by atoms with Crippen molar-refractivity contribution in [3.63, 3.8) is 0 Å². The van der Waals surface area contributed by atoms with E-state index in [1.165, 1.54) is 0 Å². The normalized spacial score (nSPS) is 12.9. The quantitative estimate of drug-likeness (QED) is 0.814. The highest BCUT2D eigenvalue weighted by Crippen LogP contribution is 2.18. The van der Waals surface area contributed by atoms with Gasteiger partial charge in [0.2, 0.25) is 11.7 Å². The van der Waals surface area contributed by atoms with Gasteiger partial charge in [0, 0.05) is 27.0 Å². The van der Waals surface area contributed by atoms with Gasteiger partial charge in [0.15, 0.2) is 0 Å². The van der Waals surface area contributed by atoms with Crippen LogP contribution in [0, 0.1) is 0 Å². The summed E-state index contributed by atoms with van der Waals surface area (Å²) in [5, 5.41) is 7.91. The Morgan fingerprint density at radius 2 is 2.41 bits per heavy atom. The van der Waals surface area contributed by atoms with Gasteiger partial charge >= 0.3 is 0 Å². The topological polar surface area (TPSA) is 92.0 Å². The molecule has 92 valence electrons. The Kier molecular flexibility index (Phi) is 3.50. The molecule has 0 bridgehead atoms. The summed E-state index contributed by atoms with van der Waals surface area (Å²) in [5.74, 6) is 0.918. The number of nitrogens with zero attached hydrogens (tertiary/aromatic N) is 4. The number of hydrogen-bond acceptors (Lipinski definition) is 6. The molecule has 2 aromatic heterocycles. The Labute approximate surface area is 98.6 Å². The van der Waals surface area contributed by atoms with Crippen molar-refractivity contribution in [2.75, 3.05) is 13.7 Å². The van der Waals surface area contributed by atoms with Crippen LogP contribution in [0.15, 0.2) is 16.9 Å². The number of ether oxygens (including phenoxy) is 1. The SMILES string of the molecule is COCCC(N)c1nc(-c2cnn(C)c2)no1. The zero-order valence-corrected chi connectivity index (χ0v) is 9.83. The predicted octanol–water partition coefficient (Wildman–Crippen LogP) is 0.506. The fourth-order valence-corrected chi connectivity index (χ4v) is 1.41. The molecule has 2 heterocycles. The molecule has 7 nitrogen and oxygen atoms in total. The zero-order chi connectivity index (χ0) is 12.3. The molecular weight excluding hydrogens is 222 g/mol. The molecule has 0 aliphatic rings. The molecule has 7 heteroatoms. The molecule has 0 aromatic carbocycles. The summed E-state index contributed by atoms with van der Waals surface area (Å²) in [7, 11) is 3.45. The molecule has 0 amide bonds. The van der Waals surface area contributed by atoms with Gasteiger partial charge in [0.25, 0.3) is 0 Å². The minimum Gasteiger partial charge on any atom is -0.385 e. The molecule has 0 radical (unpaired) electrons. The highest BCUT2D eigenvalue weighted by Gasteiger charge is 2.16. The lowest BCUT2D eigenvalue weighted by molar-refractivity contribution is 0.182. The van der Waals surface area contributed by atoms with E-state index in [9.17, 15) is 0 Å². The van der Waals surface area contributed by atoms with Gasteiger partial charge in [-0.25, -0.2) is 0 Å². The Morgan fingerprint density at radius 1 is 1.59 bits per heavy atom. The number of hydrogen-bond donors (Lipinski definition) is 1. The van der Waals surface area contributed by atoms with Crippen LogP contribution in [0.5, 0.6) is 0 Å². The van der Waals surface area contributed by atoms with Crippen LogP contribution in [0.3, 0.4) is 0 Å². The van der Waals surface area contributed by atoms with Gasteiger partial charge in [0.05, 0.1) is 17.8 Å². The van der Waals surface area contributed by atoms with Crippen molar-refractivity contribution in [3.05, 3.63) is 18.3 Å². The van der Waals surface area contributed by atoms with Crippen LogP contribution in [-0.4, -0.2) is 33.6 Å². The molecule has 2 N–H and O–H groups in total. The van der Waals surface area contributed by atoms with Crippen LogP contribution in [0.1, 0.15) is 18.4 Å². The molecule has 0 saturated carbocycles. The highest BCUT2D eigenvalue weighted by atomic mass is 16.5. The van der Waals surface area contributed by atoms with E-state index < -0.39 is 0 Å². The summed E-state index contributed by atoms with van der Waals surface area (Å²) in [4.78, 5) is 4.23. The second-order valence-corrected chi connectivity index (χ2v) is 3.75. The van der Waals surface area contributed by atoms with Gasteiger partial charge < -0.3 is 15.0 Å². The summed E-state index contributed by atoms with van der Waals surface area (Å²) in [6, 6.07) is -0.298. The summed E-state index contributed by atoms with van der Waals surface area (Å²) < 4.78 is 11.7. The molecular formula is C10H15N5O2. The fourth-order valence-electron chi connectivity index (χ4n) is 1.41. The van der Waals surface area contributed by atoms with Crippen LogP contribution in [0.25, 0.3) is 11.4 Å². The van der Waals surface area contributed by atoms with Gasteiger partial charge in [-0.3, -0.25) is 4.68 Å². The third-order valence-electron chi connectivity index (χ3n) is 2.35. The van der Waals surface area contributed by atoms with Crippen molar-refractivity contribution in [2.45, 2.75) is 12.5 Å². The lowest BCUT2D eigenvalue weighted by Gasteiger charge is -2.03. The standard InChI is InChI=1S/C10H15N5O2/c1-15-6-7(5-12-15)9-13-10(17-14-9)8(11)3-4-16-2/h5-6,8H,3-4,11H2,1-2H3. The van der Waals surface area contributed by atoms with Crippen LogP contribution in [-0.2, 0) is 11.8 Å². The number of methoxy groups -OCH3 is 1. The molecule has 0 fully saturated rings. The van der Waals surface area contributed by atoms with E-state index in [-0.39, 0.29) is 6.04 Å². The molecule has 0 spiro atoms. The molecule has 1 atom stereocenters. The minimum absolute atomic E-state index is 0.298. The predicted molar refractivity (Wildman–Crippen MR) is 59.9 cm³/mol. The second kappa shape index (κ2) is 5.07. The van der Waals surface area contributed by atoms with Gasteiger partial charge in [0.1, 0.15) is 0 Å². The van der Waals surface area contributed by atoms with Crippen LogP contribution in [0.4, 0.5) is 0 Å². The van der Waals surface area contributed by atoms with Gasteiger partial charge in [-0.05, 0) is 6.42 Å². The zero-order valence-electron chi connectivity index (χ0n) is 9.83. The van der Waals surface area contributed by atoms with Crippen LogP contribution >= 0.6 is 0 Å². The fraction of sp³-hybridized carbons (Fsp3) is 0.500. The first-order chi connectivity index (χ1) is 8.20. The first kappa shape index (κ1) is 11.7. The first-order valence-electron chi connectivity index (χ1n) is 5.28. The summed E-state index contributed by atoms with van der Waals surface area (Å²) in [6.07, 6.45) is 4.13. The Balaban J connectivity index is 2.10. The van der Waals surface area contributed by atoms with Crippen molar-refractivity contribution in [1.82, 2.24) is 19.9 Å². The minimum atomic E-state index is -0.298. The van der Waals surface area contributed by atoms with Crippen LogP contribution < -0.4 is 5.73 Å². The van der Waals surface area contributed by atoms with E-state index in [1.54, 1.807) is 18.0 Å². The summed E-state index contributed by atoms with van der Waals surface area (Å²) in [5.41, 5.74) is 6.69. The number of rotatable bonds is 5. The summed E-state index contributed by atoms with van der Waals surface area (Å²) in [6.45, 7) is 0.561. The van der Waals surface area contributed by atoms with Gasteiger partial charge in [-0.1, -0.05) is 5.16 Å². The van der Waals surface area contributed by atoms with Crippen molar-refractivity contribution in [2.24, 2.45) is 12.8 Å². The molecule has 2 aromatic rings. The van der Waals surface area contributed by atoms with Crippen molar-refractivity contribution >= 4 is 0 Å². The van der Waals surface area contributed by atoms with E-state index in [0.717, 1.165) is 5.56 Å². The van der Waals surface area contributed by atoms with E-state index in [2.05, 4.69) is 15.2 Å². The first-order valence-corrected chi connectivity index (χ1v) is 5.28. The Hall–Kier alpha value is -1.73. The Bertz CT molecular complexity index is 479. The third kappa shape index (κ3) is 2.69. The third-order valence-corrected chi connectivity index (χ3v) is 2.35. The molecule has 17 heavy (non-hydrogen) atoms. The second-order valence-electron chi connectivity index (χ2n) is 3.75. The van der Waals surface area contributed by atoms with Crippen molar-refractivity contribution in [1.29, 1.82) is 0 Å². The molecule has 2 rings (SSSR count). The Morgan fingerprint density at radius 3 is 3.06 bits per heavy atom. The smallest absolute Gasteiger partial charge is 0.243 e. The number of aromatic nitrogens is 4. The monoisotopic (exact) mass is 237 g/mol. The maximum atomic E-state index is 5.88.